The fraction of sp³-hybridized carbons (Fsp3) is 0.333. The molecule has 9 heteroatoms. The average molecular weight is 389 g/mol. The first-order valence-corrected chi connectivity index (χ1v) is 10.2. The van der Waals surface area contributed by atoms with Gasteiger partial charge in [0.1, 0.15) is 9.96 Å². The van der Waals surface area contributed by atoms with E-state index in [2.05, 4.69) is 0 Å². The van der Waals surface area contributed by atoms with E-state index in [1.54, 1.807) is 19.1 Å². The number of phenolic OH excluding ortho intramolecular Hbond substituents is 1. The van der Waals surface area contributed by atoms with Crippen LogP contribution >= 0.6 is 23.1 Å². The van der Waals surface area contributed by atoms with E-state index in [0.717, 1.165) is 21.8 Å². The van der Waals surface area contributed by atoms with Crippen LogP contribution in [0.5, 0.6) is 5.75 Å². The zero-order valence-corrected chi connectivity index (χ0v) is 16.0. The van der Waals surface area contributed by atoms with Crippen molar-refractivity contribution in [1.82, 2.24) is 4.90 Å². The Hall–Kier alpha value is -1.10. The monoisotopic (exact) mass is 388 g/mol. The lowest BCUT2D eigenvalue weighted by Crippen LogP contribution is -2.10. The summed E-state index contributed by atoms with van der Waals surface area (Å²) in [6, 6.07) is 6.62. The number of phenols is 1. The van der Waals surface area contributed by atoms with Crippen LogP contribution in [0.1, 0.15) is 24.2 Å². The fourth-order valence-corrected chi connectivity index (χ4v) is 5.58. The first-order valence-electron chi connectivity index (χ1n) is 7.07. The van der Waals surface area contributed by atoms with Gasteiger partial charge in [-0.1, -0.05) is 11.8 Å². The first-order chi connectivity index (χ1) is 11.1. The molecule has 0 aliphatic heterocycles. The van der Waals surface area contributed by atoms with Crippen LogP contribution in [0.2, 0.25) is 0 Å². The Morgan fingerprint density at radius 2 is 2.00 bits per heavy atom. The number of nitrogens with two attached hydrogens (primary N) is 1. The number of nitrogens with zero attached hydrogens (tertiary/aromatic N) is 1. The van der Waals surface area contributed by atoms with Gasteiger partial charge in [0.15, 0.2) is 0 Å². The molecule has 0 amide bonds. The molecule has 0 aliphatic carbocycles. The predicted molar refractivity (Wildman–Crippen MR) is 95.9 cm³/mol. The van der Waals surface area contributed by atoms with E-state index in [1.165, 1.54) is 17.8 Å². The van der Waals surface area contributed by atoms with Crippen molar-refractivity contribution in [3.8, 4) is 5.75 Å². The standard InChI is InChI=1S/C15H20N2O4S3/c1-9(18)12-7-14(24(16,20)21)23-15(12)22-11-4-5-13(19)10(6-11)8-17(2)3/h4-7,9,18-19H,8H2,1-3H3,(H2,16,20,21). The molecule has 0 spiro atoms. The number of hydrogen-bond donors (Lipinski definition) is 3. The predicted octanol–water partition coefficient (Wildman–Crippen LogP) is 2.37. The highest BCUT2D eigenvalue weighted by molar-refractivity contribution is 8.01. The van der Waals surface area contributed by atoms with E-state index < -0.39 is 16.1 Å². The van der Waals surface area contributed by atoms with E-state index in [9.17, 15) is 18.6 Å². The van der Waals surface area contributed by atoms with Crippen LogP contribution in [0.4, 0.5) is 0 Å². The number of hydrogen-bond acceptors (Lipinski definition) is 7. The number of thiophene rings is 1. The van der Waals surface area contributed by atoms with E-state index >= 15 is 0 Å². The van der Waals surface area contributed by atoms with Crippen LogP contribution in [0.15, 0.2) is 37.6 Å². The summed E-state index contributed by atoms with van der Waals surface area (Å²) in [5.74, 6) is 0.209. The van der Waals surface area contributed by atoms with Crippen molar-refractivity contribution in [3.63, 3.8) is 0 Å². The van der Waals surface area contributed by atoms with Gasteiger partial charge in [-0.2, -0.15) is 0 Å². The van der Waals surface area contributed by atoms with Gasteiger partial charge in [0.05, 0.1) is 10.3 Å². The number of benzene rings is 1. The minimum Gasteiger partial charge on any atom is -0.508 e. The molecule has 0 radical (unpaired) electrons. The van der Waals surface area contributed by atoms with E-state index in [1.807, 2.05) is 25.1 Å². The van der Waals surface area contributed by atoms with Gasteiger partial charge in [-0.05, 0) is 45.3 Å². The van der Waals surface area contributed by atoms with Crippen molar-refractivity contribution < 1.29 is 18.6 Å². The van der Waals surface area contributed by atoms with Crippen molar-refractivity contribution in [2.24, 2.45) is 5.14 Å². The largest absolute Gasteiger partial charge is 0.508 e. The molecule has 0 aliphatic rings. The van der Waals surface area contributed by atoms with Crippen LogP contribution in [-0.2, 0) is 16.6 Å². The summed E-state index contributed by atoms with van der Waals surface area (Å²) in [5, 5.41) is 25.0. The average Bonchev–Trinajstić information content (AvgIpc) is 2.86. The quantitative estimate of drug-likeness (QED) is 0.702. The van der Waals surface area contributed by atoms with Crippen LogP contribution < -0.4 is 5.14 Å². The lowest BCUT2D eigenvalue weighted by molar-refractivity contribution is 0.197. The number of aromatic hydroxyl groups is 1. The summed E-state index contributed by atoms with van der Waals surface area (Å²) in [5.41, 5.74) is 1.29. The molecule has 4 N–H and O–H groups in total. The van der Waals surface area contributed by atoms with Crippen molar-refractivity contribution >= 4 is 33.1 Å². The summed E-state index contributed by atoms with van der Waals surface area (Å²) in [6.45, 7) is 2.16. The van der Waals surface area contributed by atoms with E-state index in [4.69, 9.17) is 5.14 Å². The minimum absolute atomic E-state index is 0.0215. The Morgan fingerprint density at radius 3 is 2.54 bits per heavy atom. The van der Waals surface area contributed by atoms with Crippen molar-refractivity contribution in [2.45, 2.75) is 32.9 Å². The smallest absolute Gasteiger partial charge is 0.247 e. The molecule has 1 heterocycles. The van der Waals surface area contributed by atoms with Gasteiger partial charge in [-0.25, -0.2) is 13.6 Å². The third-order valence-electron chi connectivity index (χ3n) is 3.18. The van der Waals surface area contributed by atoms with Gasteiger partial charge < -0.3 is 15.1 Å². The Balaban J connectivity index is 2.39. The molecule has 2 aromatic rings. The molecule has 0 fully saturated rings. The molecule has 0 saturated heterocycles. The second-order valence-electron chi connectivity index (χ2n) is 5.66. The SMILES string of the molecule is CC(O)c1cc(S(N)(=O)=O)sc1Sc1ccc(O)c(CN(C)C)c1. The van der Waals surface area contributed by atoms with Crippen LogP contribution in [-0.4, -0.2) is 37.6 Å². The minimum atomic E-state index is -3.81. The van der Waals surface area contributed by atoms with Crippen LogP contribution in [0, 0.1) is 0 Å². The molecule has 24 heavy (non-hydrogen) atoms. The Kier molecular flexibility index (Phi) is 5.95. The summed E-state index contributed by atoms with van der Waals surface area (Å²) in [4.78, 5) is 2.78. The Bertz CT molecular complexity index is 829. The summed E-state index contributed by atoms with van der Waals surface area (Å²) < 4.78 is 23.8. The number of aliphatic hydroxyl groups excluding tert-OH is 1. The Labute approximate surface area is 150 Å². The number of aliphatic hydroxyl groups is 1. The van der Waals surface area contributed by atoms with Crippen molar-refractivity contribution in [3.05, 3.63) is 35.4 Å². The Morgan fingerprint density at radius 1 is 1.33 bits per heavy atom. The highest BCUT2D eigenvalue weighted by atomic mass is 32.3. The molecular weight excluding hydrogens is 368 g/mol. The van der Waals surface area contributed by atoms with Gasteiger partial charge in [0.2, 0.25) is 10.0 Å². The topological polar surface area (TPSA) is 104 Å². The van der Waals surface area contributed by atoms with Crippen LogP contribution in [0.3, 0.4) is 0 Å². The molecule has 6 nitrogen and oxygen atoms in total. The third kappa shape index (κ3) is 4.71. The molecule has 0 bridgehead atoms. The van der Waals surface area contributed by atoms with Gasteiger partial charge in [-0.3, -0.25) is 0 Å². The van der Waals surface area contributed by atoms with Gasteiger partial charge in [0.25, 0.3) is 0 Å². The summed E-state index contributed by atoms with van der Waals surface area (Å²) in [6.07, 6.45) is -0.808. The maximum absolute atomic E-state index is 11.6. The van der Waals surface area contributed by atoms with Gasteiger partial charge in [0, 0.05) is 22.6 Å². The second-order valence-corrected chi connectivity index (χ2v) is 9.84. The molecular formula is C15H20N2O4S3. The second kappa shape index (κ2) is 7.42. The fourth-order valence-electron chi connectivity index (χ4n) is 2.08. The van der Waals surface area contributed by atoms with Gasteiger partial charge in [-0.15, -0.1) is 11.3 Å². The highest BCUT2D eigenvalue weighted by Crippen LogP contribution is 2.41. The first kappa shape index (κ1) is 19.2. The molecule has 2 rings (SSSR count). The molecule has 1 aromatic carbocycles. The summed E-state index contributed by atoms with van der Waals surface area (Å²) >= 11 is 2.37. The maximum atomic E-state index is 11.6. The van der Waals surface area contributed by atoms with E-state index in [0.29, 0.717) is 16.3 Å². The number of sulfonamides is 1. The lowest BCUT2D eigenvalue weighted by Gasteiger charge is -2.13. The van der Waals surface area contributed by atoms with Crippen LogP contribution in [0.25, 0.3) is 0 Å². The van der Waals surface area contributed by atoms with E-state index in [-0.39, 0.29) is 9.96 Å². The lowest BCUT2D eigenvalue weighted by atomic mass is 10.2. The molecule has 1 atom stereocenters. The number of primary sulfonamides is 1. The highest BCUT2D eigenvalue weighted by Gasteiger charge is 2.20. The van der Waals surface area contributed by atoms with Crippen molar-refractivity contribution in [2.75, 3.05) is 14.1 Å². The molecule has 132 valence electrons. The zero-order chi connectivity index (χ0) is 18.1. The third-order valence-corrected chi connectivity index (χ3v) is 6.96. The normalized spacial score (nSPS) is 13.4. The molecule has 1 aromatic heterocycles. The zero-order valence-electron chi connectivity index (χ0n) is 13.6. The van der Waals surface area contributed by atoms with Crippen molar-refractivity contribution in [1.29, 1.82) is 0 Å². The molecule has 1 unspecified atom stereocenters. The summed E-state index contributed by atoms with van der Waals surface area (Å²) in [7, 11) is -0.00324. The number of rotatable bonds is 6. The maximum Gasteiger partial charge on any atom is 0.247 e. The molecule has 0 saturated carbocycles. The van der Waals surface area contributed by atoms with Gasteiger partial charge >= 0.3 is 0 Å².